The van der Waals surface area contributed by atoms with Gasteiger partial charge in [-0.1, -0.05) is 17.7 Å². The molecule has 0 saturated heterocycles. The molecule has 1 N–H and O–H groups in total. The molecular formula is C23H22ClF3N4O2. The molecule has 0 saturated carbocycles. The third-order valence-electron chi connectivity index (χ3n) is 5.18. The van der Waals surface area contributed by atoms with Gasteiger partial charge in [-0.25, -0.2) is 4.68 Å². The Morgan fingerprint density at radius 2 is 1.79 bits per heavy atom. The van der Waals surface area contributed by atoms with Crippen LogP contribution in [0.15, 0.2) is 48.7 Å². The molecule has 33 heavy (non-hydrogen) atoms. The van der Waals surface area contributed by atoms with Crippen molar-refractivity contribution >= 4 is 29.1 Å². The van der Waals surface area contributed by atoms with Gasteiger partial charge in [0.1, 0.15) is 0 Å². The molecule has 0 radical (unpaired) electrons. The van der Waals surface area contributed by atoms with Crippen molar-refractivity contribution in [3.63, 3.8) is 0 Å². The van der Waals surface area contributed by atoms with Crippen molar-refractivity contribution in [2.75, 3.05) is 18.4 Å². The van der Waals surface area contributed by atoms with Crippen LogP contribution in [-0.2, 0) is 6.18 Å². The van der Waals surface area contributed by atoms with Crippen LogP contribution in [0.2, 0.25) is 5.02 Å². The second-order valence-electron chi connectivity index (χ2n) is 7.23. The molecule has 3 rings (SSSR count). The van der Waals surface area contributed by atoms with E-state index in [4.69, 9.17) is 11.6 Å². The molecule has 0 spiro atoms. The molecule has 3 aromatic rings. The fourth-order valence-corrected chi connectivity index (χ4v) is 3.61. The van der Waals surface area contributed by atoms with E-state index in [1.807, 2.05) is 13.8 Å². The number of amides is 2. The van der Waals surface area contributed by atoms with E-state index >= 15 is 0 Å². The van der Waals surface area contributed by atoms with Crippen molar-refractivity contribution in [3.8, 4) is 5.69 Å². The molecule has 174 valence electrons. The number of hydrogen-bond acceptors (Lipinski definition) is 3. The maximum Gasteiger partial charge on any atom is 0.416 e. The third kappa shape index (κ3) is 5.19. The summed E-state index contributed by atoms with van der Waals surface area (Å²) in [5.41, 5.74) is 0.621. The Morgan fingerprint density at radius 3 is 2.39 bits per heavy atom. The second-order valence-corrected chi connectivity index (χ2v) is 7.64. The molecule has 10 heteroatoms. The van der Waals surface area contributed by atoms with Crippen LogP contribution >= 0.6 is 11.6 Å². The molecule has 1 aromatic heterocycles. The summed E-state index contributed by atoms with van der Waals surface area (Å²) in [6, 6.07) is 9.26. The van der Waals surface area contributed by atoms with Crippen molar-refractivity contribution < 1.29 is 22.8 Å². The van der Waals surface area contributed by atoms with Crippen LogP contribution in [0.1, 0.15) is 45.8 Å². The number of benzene rings is 2. The molecule has 0 aliphatic heterocycles. The van der Waals surface area contributed by atoms with Gasteiger partial charge in [0.2, 0.25) is 0 Å². The summed E-state index contributed by atoms with van der Waals surface area (Å²) in [5.74, 6) is -0.717. The topological polar surface area (TPSA) is 67.2 Å². The summed E-state index contributed by atoms with van der Waals surface area (Å²) in [6.45, 7) is 6.40. The molecule has 0 aliphatic carbocycles. The Balaban J connectivity index is 1.82. The summed E-state index contributed by atoms with van der Waals surface area (Å²) in [4.78, 5) is 26.9. The predicted octanol–water partition coefficient (Wildman–Crippen LogP) is 5.59. The highest BCUT2D eigenvalue weighted by molar-refractivity contribution is 6.34. The SMILES string of the molecule is CCN(CC)C(=O)c1ccc(NC(=O)c2cnn(-c3cccc(C(F)(F)F)c3)c2C)cc1Cl. The van der Waals surface area contributed by atoms with Gasteiger partial charge >= 0.3 is 6.18 Å². The monoisotopic (exact) mass is 478 g/mol. The number of carbonyl (C=O) groups is 2. The lowest BCUT2D eigenvalue weighted by Crippen LogP contribution is -2.30. The summed E-state index contributed by atoms with van der Waals surface area (Å²) < 4.78 is 40.3. The average molecular weight is 479 g/mol. The zero-order chi connectivity index (χ0) is 24.3. The number of nitrogens with one attached hydrogen (secondary N) is 1. The van der Waals surface area contributed by atoms with Gasteiger partial charge < -0.3 is 10.2 Å². The fourth-order valence-electron chi connectivity index (χ4n) is 3.35. The van der Waals surface area contributed by atoms with Crippen molar-refractivity contribution in [3.05, 3.63) is 76.1 Å². The predicted molar refractivity (Wildman–Crippen MR) is 120 cm³/mol. The van der Waals surface area contributed by atoms with E-state index in [0.29, 0.717) is 30.0 Å². The first kappa shape index (κ1) is 24.3. The Hall–Kier alpha value is -3.33. The highest BCUT2D eigenvalue weighted by Crippen LogP contribution is 2.30. The maximum atomic E-state index is 13.0. The lowest BCUT2D eigenvalue weighted by Gasteiger charge is -2.19. The maximum absolute atomic E-state index is 13.0. The number of aromatic nitrogens is 2. The van der Waals surface area contributed by atoms with E-state index in [2.05, 4.69) is 10.4 Å². The quantitative estimate of drug-likeness (QED) is 0.502. The van der Waals surface area contributed by atoms with E-state index in [0.717, 1.165) is 12.1 Å². The van der Waals surface area contributed by atoms with Crippen molar-refractivity contribution in [1.29, 1.82) is 0 Å². The van der Waals surface area contributed by atoms with Gasteiger partial charge in [-0.15, -0.1) is 0 Å². The minimum atomic E-state index is -4.49. The number of alkyl halides is 3. The standard InChI is InChI=1S/C23H22ClF3N4O2/c1-4-30(5-2)22(33)18-10-9-16(12-20(18)24)29-21(32)19-13-28-31(14(19)3)17-8-6-7-15(11-17)23(25,26)27/h6-13H,4-5H2,1-3H3,(H,29,32). The second kappa shape index (κ2) is 9.66. The summed E-state index contributed by atoms with van der Waals surface area (Å²) >= 11 is 6.27. The lowest BCUT2D eigenvalue weighted by molar-refractivity contribution is -0.137. The van der Waals surface area contributed by atoms with Crippen molar-refractivity contribution in [1.82, 2.24) is 14.7 Å². The first-order valence-electron chi connectivity index (χ1n) is 10.2. The average Bonchev–Trinajstić information content (AvgIpc) is 3.15. The van der Waals surface area contributed by atoms with Crippen LogP contribution in [-0.4, -0.2) is 39.6 Å². The summed E-state index contributed by atoms with van der Waals surface area (Å²) in [7, 11) is 0. The van der Waals surface area contributed by atoms with Crippen molar-refractivity contribution in [2.24, 2.45) is 0 Å². The van der Waals surface area contributed by atoms with Gasteiger partial charge in [0.25, 0.3) is 11.8 Å². The number of anilines is 1. The zero-order valence-electron chi connectivity index (χ0n) is 18.2. The number of carbonyl (C=O) groups excluding carboxylic acids is 2. The van der Waals surface area contributed by atoms with Gasteiger partial charge in [0.15, 0.2) is 0 Å². The first-order valence-corrected chi connectivity index (χ1v) is 10.6. The van der Waals surface area contributed by atoms with Gasteiger partial charge in [0, 0.05) is 18.8 Å². The minimum Gasteiger partial charge on any atom is -0.339 e. The van der Waals surface area contributed by atoms with Crippen LogP contribution in [0.4, 0.5) is 18.9 Å². The normalized spacial score (nSPS) is 11.4. The van der Waals surface area contributed by atoms with Gasteiger partial charge in [0.05, 0.1) is 39.3 Å². The lowest BCUT2D eigenvalue weighted by atomic mass is 10.1. The van der Waals surface area contributed by atoms with Crippen LogP contribution < -0.4 is 5.32 Å². The summed E-state index contributed by atoms with van der Waals surface area (Å²) in [6.07, 6.45) is -3.21. The number of nitrogens with zero attached hydrogens (tertiary/aromatic N) is 3. The molecule has 1 heterocycles. The third-order valence-corrected chi connectivity index (χ3v) is 5.49. The highest BCUT2D eigenvalue weighted by Gasteiger charge is 2.30. The number of rotatable bonds is 6. The minimum absolute atomic E-state index is 0.184. The number of halogens is 4. The van der Waals surface area contributed by atoms with Crippen LogP contribution in [0.5, 0.6) is 0 Å². The Morgan fingerprint density at radius 1 is 1.09 bits per heavy atom. The van der Waals surface area contributed by atoms with E-state index in [1.165, 1.54) is 35.1 Å². The molecule has 0 unspecified atom stereocenters. The first-order chi connectivity index (χ1) is 15.6. The Labute approximate surface area is 194 Å². The fraction of sp³-hybridized carbons (Fsp3) is 0.261. The number of hydrogen-bond donors (Lipinski definition) is 1. The largest absolute Gasteiger partial charge is 0.416 e. The van der Waals surface area contributed by atoms with E-state index in [-0.39, 0.29) is 22.2 Å². The van der Waals surface area contributed by atoms with E-state index in [1.54, 1.807) is 17.9 Å². The highest BCUT2D eigenvalue weighted by atomic mass is 35.5. The van der Waals surface area contributed by atoms with Gasteiger partial charge in [-0.2, -0.15) is 18.3 Å². The van der Waals surface area contributed by atoms with E-state index in [9.17, 15) is 22.8 Å². The molecule has 0 fully saturated rings. The summed E-state index contributed by atoms with van der Waals surface area (Å²) in [5, 5.41) is 6.95. The van der Waals surface area contributed by atoms with Crippen LogP contribution in [0.25, 0.3) is 5.69 Å². The molecule has 0 aliphatic rings. The van der Waals surface area contributed by atoms with E-state index < -0.39 is 17.6 Å². The van der Waals surface area contributed by atoms with Crippen LogP contribution in [0, 0.1) is 6.92 Å². The van der Waals surface area contributed by atoms with Crippen LogP contribution in [0.3, 0.4) is 0 Å². The van der Waals surface area contributed by atoms with Crippen molar-refractivity contribution in [2.45, 2.75) is 26.9 Å². The molecule has 2 amide bonds. The molecule has 6 nitrogen and oxygen atoms in total. The van der Waals surface area contributed by atoms with Gasteiger partial charge in [-0.05, 0) is 57.2 Å². The Kier molecular flexibility index (Phi) is 7.12. The van der Waals surface area contributed by atoms with Gasteiger partial charge in [-0.3, -0.25) is 9.59 Å². The molecule has 0 bridgehead atoms. The molecule has 0 atom stereocenters. The molecular weight excluding hydrogens is 457 g/mol. The Bertz CT molecular complexity index is 1190. The smallest absolute Gasteiger partial charge is 0.339 e. The molecule has 2 aromatic carbocycles. The zero-order valence-corrected chi connectivity index (χ0v) is 19.0.